The molecule has 2 fully saturated rings. The number of nitrogens with one attached hydrogen (secondary N) is 1. The Hall–Kier alpha value is -3.07. The molecule has 1 amide bonds. The number of benzene rings is 2. The van der Waals surface area contributed by atoms with E-state index in [-0.39, 0.29) is 24.2 Å². The summed E-state index contributed by atoms with van der Waals surface area (Å²) in [6, 6.07) is 15.7. The molecule has 2 aliphatic rings. The number of hydrogen-bond acceptors (Lipinski definition) is 6. The van der Waals surface area contributed by atoms with Gasteiger partial charge in [-0.2, -0.15) is 17.5 Å². The first-order valence-corrected chi connectivity index (χ1v) is 14.8. The highest BCUT2D eigenvalue weighted by atomic mass is 32.2. The average Bonchev–Trinajstić information content (AvgIpc) is 2.95. The van der Waals surface area contributed by atoms with Crippen molar-refractivity contribution >= 4 is 21.9 Å². The number of alkyl halides is 3. The molecule has 2 N–H and O–H groups in total. The summed E-state index contributed by atoms with van der Waals surface area (Å²) in [6.45, 7) is 4.82. The van der Waals surface area contributed by atoms with Crippen molar-refractivity contribution in [2.45, 2.75) is 31.6 Å². The van der Waals surface area contributed by atoms with E-state index >= 15 is 0 Å². The Morgan fingerprint density at radius 3 is 2.05 bits per heavy atom. The number of carbonyl (C=O) groups is 2. The van der Waals surface area contributed by atoms with Crippen LogP contribution in [0.1, 0.15) is 28.8 Å². The number of carboxylic acid groups (broad SMARTS) is 1. The second kappa shape index (κ2) is 14.7. The quantitative estimate of drug-likeness (QED) is 0.448. The third-order valence-electron chi connectivity index (χ3n) is 6.90. The van der Waals surface area contributed by atoms with Crippen molar-refractivity contribution in [2.24, 2.45) is 0 Å². The van der Waals surface area contributed by atoms with Crippen LogP contribution in [0, 0.1) is 5.82 Å². The van der Waals surface area contributed by atoms with Crippen molar-refractivity contribution in [3.63, 3.8) is 0 Å². The lowest BCUT2D eigenvalue weighted by molar-refractivity contribution is -0.192. The predicted octanol–water partition coefficient (Wildman–Crippen LogP) is 2.80. The van der Waals surface area contributed by atoms with Gasteiger partial charge in [-0.05, 0) is 42.7 Å². The number of carbonyl (C=O) groups excluding carboxylic acids is 1. The Morgan fingerprint density at radius 1 is 0.951 bits per heavy atom. The molecule has 14 heteroatoms. The molecule has 0 atom stereocenters. The number of aliphatic carboxylic acids is 1. The number of likely N-dealkylation sites (tertiary alicyclic amines) is 1. The van der Waals surface area contributed by atoms with Gasteiger partial charge in [0.2, 0.25) is 10.0 Å². The molecule has 2 aliphatic heterocycles. The van der Waals surface area contributed by atoms with Crippen LogP contribution in [0.2, 0.25) is 0 Å². The van der Waals surface area contributed by atoms with E-state index in [2.05, 4.69) is 22.3 Å². The summed E-state index contributed by atoms with van der Waals surface area (Å²) in [5, 5.41) is 10.3. The maximum absolute atomic E-state index is 13.4. The number of sulfonamides is 1. The fraction of sp³-hybridized carbons (Fsp3) is 0.481. The standard InChI is InChI=1S/C25H33FN4O3S.C2HF3O2/c26-23-8-6-22(7-9-23)25(31)30(18-19-34(32,33)29-16-12-27-13-17-29)24-10-14-28(15-11-24)20-21-4-2-1-3-5-21;3-2(4,5)1(6)7/h1-9,24,27H,10-20H2;(H,6,7). The van der Waals surface area contributed by atoms with E-state index in [0.29, 0.717) is 31.7 Å². The fourth-order valence-electron chi connectivity index (χ4n) is 4.70. The summed E-state index contributed by atoms with van der Waals surface area (Å²) >= 11 is 0. The zero-order valence-electron chi connectivity index (χ0n) is 22.4. The molecule has 2 aromatic carbocycles. The van der Waals surface area contributed by atoms with E-state index in [0.717, 1.165) is 32.5 Å². The van der Waals surface area contributed by atoms with E-state index < -0.39 is 28.0 Å². The number of halogens is 4. The number of rotatable bonds is 8. The highest BCUT2D eigenvalue weighted by Gasteiger charge is 2.38. The van der Waals surface area contributed by atoms with Crippen LogP contribution in [0.25, 0.3) is 0 Å². The van der Waals surface area contributed by atoms with Crippen molar-refractivity contribution in [3.05, 3.63) is 71.5 Å². The molecular weight excluding hydrogens is 568 g/mol. The first-order valence-electron chi connectivity index (χ1n) is 13.2. The summed E-state index contributed by atoms with van der Waals surface area (Å²) in [6.07, 6.45) is -3.54. The van der Waals surface area contributed by atoms with E-state index in [9.17, 15) is 30.8 Å². The molecule has 0 saturated carbocycles. The highest BCUT2D eigenvalue weighted by Crippen LogP contribution is 2.21. The largest absolute Gasteiger partial charge is 0.490 e. The van der Waals surface area contributed by atoms with Gasteiger partial charge in [0.1, 0.15) is 5.82 Å². The summed E-state index contributed by atoms with van der Waals surface area (Å²) in [5.74, 6) is -3.51. The maximum Gasteiger partial charge on any atom is 0.490 e. The lowest BCUT2D eigenvalue weighted by atomic mass is 10.0. The first kappa shape index (κ1) is 32.4. The Morgan fingerprint density at radius 2 is 1.51 bits per heavy atom. The molecule has 9 nitrogen and oxygen atoms in total. The third-order valence-corrected chi connectivity index (χ3v) is 8.75. The molecule has 0 bridgehead atoms. The topological polar surface area (TPSA) is 110 Å². The monoisotopic (exact) mass is 602 g/mol. The predicted molar refractivity (Wildman–Crippen MR) is 144 cm³/mol. The van der Waals surface area contributed by atoms with Crippen molar-refractivity contribution in [3.8, 4) is 0 Å². The summed E-state index contributed by atoms with van der Waals surface area (Å²) in [7, 11) is -3.46. The molecule has 41 heavy (non-hydrogen) atoms. The molecular formula is C27H34F4N4O5S. The molecule has 2 heterocycles. The van der Waals surface area contributed by atoms with E-state index in [4.69, 9.17) is 9.90 Å². The van der Waals surface area contributed by atoms with Crippen molar-refractivity contribution in [1.82, 2.24) is 19.4 Å². The van der Waals surface area contributed by atoms with Gasteiger partial charge < -0.3 is 15.3 Å². The van der Waals surface area contributed by atoms with E-state index in [1.54, 1.807) is 4.90 Å². The summed E-state index contributed by atoms with van der Waals surface area (Å²) in [5.41, 5.74) is 1.63. The molecule has 0 aromatic heterocycles. The highest BCUT2D eigenvalue weighted by molar-refractivity contribution is 7.89. The van der Waals surface area contributed by atoms with Crippen LogP contribution in [0.15, 0.2) is 54.6 Å². The van der Waals surface area contributed by atoms with Crippen LogP contribution >= 0.6 is 0 Å². The van der Waals surface area contributed by atoms with Crippen LogP contribution in [0.4, 0.5) is 17.6 Å². The molecule has 0 spiro atoms. The minimum atomic E-state index is -5.08. The Labute approximate surface area is 236 Å². The molecule has 2 saturated heterocycles. The number of piperazine rings is 1. The summed E-state index contributed by atoms with van der Waals surface area (Å²) < 4.78 is 72.5. The Bertz CT molecular complexity index is 1230. The average molecular weight is 603 g/mol. The SMILES string of the molecule is O=C(O)C(F)(F)F.O=C(c1ccc(F)cc1)N(CCS(=O)(=O)N1CCNCC1)C1CCN(Cc2ccccc2)CC1. The Balaban J connectivity index is 0.000000587. The van der Waals surface area contributed by atoms with Crippen LogP contribution in [0.3, 0.4) is 0 Å². The minimum Gasteiger partial charge on any atom is -0.475 e. The van der Waals surface area contributed by atoms with Crippen LogP contribution in [-0.4, -0.2) is 103 Å². The molecule has 4 rings (SSSR count). The van der Waals surface area contributed by atoms with Gasteiger partial charge in [-0.1, -0.05) is 30.3 Å². The van der Waals surface area contributed by atoms with Crippen LogP contribution in [0.5, 0.6) is 0 Å². The second-order valence-electron chi connectivity index (χ2n) is 9.77. The van der Waals surface area contributed by atoms with E-state index in [1.807, 2.05) is 18.2 Å². The van der Waals surface area contributed by atoms with Gasteiger partial charge in [0, 0.05) is 64.0 Å². The minimum absolute atomic E-state index is 0.0530. The lowest BCUT2D eigenvalue weighted by Gasteiger charge is -2.39. The Kier molecular flexibility index (Phi) is 11.6. The van der Waals surface area contributed by atoms with Gasteiger partial charge in [-0.15, -0.1) is 0 Å². The van der Waals surface area contributed by atoms with Crippen LogP contribution in [-0.2, 0) is 21.4 Å². The zero-order chi connectivity index (χ0) is 30.0. The van der Waals surface area contributed by atoms with E-state index in [1.165, 1.54) is 34.1 Å². The van der Waals surface area contributed by atoms with Gasteiger partial charge in [0.25, 0.3) is 5.91 Å². The number of carboxylic acids is 1. The van der Waals surface area contributed by atoms with Crippen molar-refractivity contribution in [2.75, 3.05) is 51.6 Å². The normalized spacial score (nSPS) is 17.4. The van der Waals surface area contributed by atoms with Gasteiger partial charge in [-0.25, -0.2) is 17.6 Å². The molecule has 0 unspecified atom stereocenters. The van der Waals surface area contributed by atoms with Crippen LogP contribution < -0.4 is 5.32 Å². The zero-order valence-corrected chi connectivity index (χ0v) is 23.2. The van der Waals surface area contributed by atoms with Gasteiger partial charge in [-0.3, -0.25) is 9.69 Å². The van der Waals surface area contributed by atoms with Crippen molar-refractivity contribution < 1.29 is 40.7 Å². The molecule has 0 aliphatic carbocycles. The number of amides is 1. The maximum atomic E-state index is 13.4. The lowest BCUT2D eigenvalue weighted by Crippen LogP contribution is -2.51. The molecule has 2 aromatic rings. The fourth-order valence-corrected chi connectivity index (χ4v) is 6.13. The molecule has 0 radical (unpaired) electrons. The second-order valence-corrected chi connectivity index (χ2v) is 11.9. The van der Waals surface area contributed by atoms with Gasteiger partial charge >= 0.3 is 12.1 Å². The van der Waals surface area contributed by atoms with Gasteiger partial charge in [0.15, 0.2) is 0 Å². The number of piperidine rings is 1. The first-order chi connectivity index (χ1) is 19.4. The van der Waals surface area contributed by atoms with Crippen molar-refractivity contribution in [1.29, 1.82) is 0 Å². The summed E-state index contributed by atoms with van der Waals surface area (Å²) in [4.78, 5) is 26.4. The smallest absolute Gasteiger partial charge is 0.475 e. The number of hydrogen-bond donors (Lipinski definition) is 2. The van der Waals surface area contributed by atoms with Gasteiger partial charge in [0.05, 0.1) is 5.75 Å². The molecule has 226 valence electrons. The third kappa shape index (κ3) is 10.1. The number of nitrogens with zero attached hydrogens (tertiary/aromatic N) is 3.